The van der Waals surface area contributed by atoms with Gasteiger partial charge in [0.2, 0.25) is 0 Å². The van der Waals surface area contributed by atoms with E-state index < -0.39 is 26.5 Å². The summed E-state index contributed by atoms with van der Waals surface area (Å²) in [7, 11) is 1.47. The number of likely N-dealkylation sites (N-methyl/N-ethyl adjacent to an activating group) is 1. The summed E-state index contributed by atoms with van der Waals surface area (Å²) in [5, 5.41) is 0. The number of hydrogen-bond acceptors (Lipinski definition) is 7. The first-order valence-electron chi connectivity index (χ1n) is 28.4. The molecule has 0 saturated heterocycles. The lowest BCUT2D eigenvalue weighted by atomic mass is 10.0. The van der Waals surface area contributed by atoms with Crippen molar-refractivity contribution in [1.29, 1.82) is 0 Å². The molecule has 0 aliphatic carbocycles. The zero-order valence-electron chi connectivity index (χ0n) is 45.1. The van der Waals surface area contributed by atoms with Gasteiger partial charge in [-0.3, -0.25) is 18.6 Å². The van der Waals surface area contributed by atoms with Crippen LogP contribution >= 0.6 is 7.82 Å². The molecule has 1 N–H and O–H groups in total. The number of quaternary nitrogens is 1. The third-order valence-corrected chi connectivity index (χ3v) is 13.3. The van der Waals surface area contributed by atoms with Crippen molar-refractivity contribution >= 4 is 19.8 Å². The van der Waals surface area contributed by atoms with Crippen molar-refractivity contribution in [3.05, 3.63) is 48.6 Å². The van der Waals surface area contributed by atoms with E-state index in [2.05, 4.69) is 62.5 Å². The number of hydrogen-bond donors (Lipinski definition) is 1. The zero-order valence-corrected chi connectivity index (χ0v) is 46.0. The average Bonchev–Trinajstić information content (AvgIpc) is 3.30. The van der Waals surface area contributed by atoms with Crippen LogP contribution in [0.25, 0.3) is 0 Å². The lowest BCUT2D eigenvalue weighted by molar-refractivity contribution is -0.870. The van der Waals surface area contributed by atoms with Crippen LogP contribution in [0.3, 0.4) is 0 Å². The van der Waals surface area contributed by atoms with Gasteiger partial charge in [0.1, 0.15) is 19.8 Å². The summed E-state index contributed by atoms with van der Waals surface area (Å²) in [6.07, 6.45) is 61.8. The Morgan fingerprint density at radius 3 is 1.19 bits per heavy atom. The summed E-state index contributed by atoms with van der Waals surface area (Å²) in [6, 6.07) is 0. The Bertz CT molecular complexity index is 1290. The Morgan fingerprint density at radius 1 is 0.456 bits per heavy atom. The molecule has 9 nitrogen and oxygen atoms in total. The molecule has 2 unspecified atom stereocenters. The summed E-state index contributed by atoms with van der Waals surface area (Å²) in [5.74, 6) is -0.806. The van der Waals surface area contributed by atoms with Crippen molar-refractivity contribution in [2.45, 2.75) is 264 Å². The van der Waals surface area contributed by atoms with Crippen LogP contribution in [0.4, 0.5) is 0 Å². The first kappa shape index (κ1) is 66.0. The largest absolute Gasteiger partial charge is 0.472 e. The summed E-state index contributed by atoms with van der Waals surface area (Å²) in [5.41, 5.74) is 0. The van der Waals surface area contributed by atoms with Gasteiger partial charge in [-0.1, -0.05) is 217 Å². The van der Waals surface area contributed by atoms with Gasteiger partial charge in [-0.05, 0) is 77.0 Å². The molecule has 0 rings (SSSR count). The third kappa shape index (κ3) is 53.3. The molecule has 0 saturated carbocycles. The smallest absolute Gasteiger partial charge is 0.462 e. The Hall–Kier alpha value is -2.03. The third-order valence-electron chi connectivity index (χ3n) is 12.3. The van der Waals surface area contributed by atoms with Crippen molar-refractivity contribution < 1.29 is 42.1 Å². The van der Waals surface area contributed by atoms with Crippen LogP contribution < -0.4 is 0 Å². The van der Waals surface area contributed by atoms with Crippen LogP contribution in [0.5, 0.6) is 0 Å². The standard InChI is InChI=1S/C58H108NO8P/c1-6-8-10-12-14-16-18-20-22-23-24-25-26-27-28-29-30-31-32-33-34-35-37-39-41-43-45-47-49-51-58(61)67-56(55-66-68(62,63)65-53-52-59(3,4)5)54-64-57(60)50-48-46-44-42-40-38-36-21-19-17-15-13-11-9-7-2/h15,17-18,20-21,23-24,36,56H,6-14,16,19,22,25-35,37-55H2,1-5H3/p+1/b17-15-,20-18-,24-23-,36-21-. The number of phosphoric acid groups is 1. The van der Waals surface area contributed by atoms with Gasteiger partial charge in [0.25, 0.3) is 0 Å². The lowest BCUT2D eigenvalue weighted by Crippen LogP contribution is -2.37. The molecular formula is C58H109NO8P+. The minimum Gasteiger partial charge on any atom is -0.462 e. The number of carbonyl (C=O) groups is 2. The minimum atomic E-state index is -4.39. The van der Waals surface area contributed by atoms with Gasteiger partial charge in [-0.25, -0.2) is 4.57 Å². The van der Waals surface area contributed by atoms with Crippen LogP contribution in [-0.2, 0) is 32.7 Å². The molecule has 2 atom stereocenters. The molecular weight excluding hydrogens is 870 g/mol. The molecule has 0 heterocycles. The number of nitrogens with zero attached hydrogens (tertiary/aromatic N) is 1. The fourth-order valence-corrected chi connectivity index (χ4v) is 8.64. The molecule has 68 heavy (non-hydrogen) atoms. The number of carbonyl (C=O) groups excluding carboxylic acids is 2. The topological polar surface area (TPSA) is 108 Å². The number of phosphoric ester groups is 1. The van der Waals surface area contributed by atoms with Crippen molar-refractivity contribution in [3.8, 4) is 0 Å². The van der Waals surface area contributed by atoms with Gasteiger partial charge in [-0.15, -0.1) is 0 Å². The van der Waals surface area contributed by atoms with Crippen molar-refractivity contribution in [1.82, 2.24) is 0 Å². The van der Waals surface area contributed by atoms with E-state index in [0.29, 0.717) is 17.4 Å². The van der Waals surface area contributed by atoms with E-state index in [0.717, 1.165) is 64.2 Å². The number of esters is 2. The highest BCUT2D eigenvalue weighted by atomic mass is 31.2. The number of rotatable bonds is 52. The van der Waals surface area contributed by atoms with E-state index in [1.54, 1.807) is 0 Å². The fraction of sp³-hybridized carbons (Fsp3) is 0.828. The van der Waals surface area contributed by atoms with E-state index in [1.165, 1.54) is 161 Å². The Morgan fingerprint density at radius 2 is 0.794 bits per heavy atom. The van der Waals surface area contributed by atoms with Gasteiger partial charge in [-0.2, -0.15) is 0 Å². The number of ether oxygens (including phenoxy) is 2. The fourth-order valence-electron chi connectivity index (χ4n) is 7.90. The monoisotopic (exact) mass is 979 g/mol. The van der Waals surface area contributed by atoms with Crippen LogP contribution in [0.2, 0.25) is 0 Å². The normalized spacial score (nSPS) is 13.7. The SMILES string of the molecule is CCCCC/C=C\C/C=C\CCCCCCCC(=O)OCC(COP(=O)(O)OCC[N+](C)(C)C)OC(=O)CCCCCCCCCCCCCCCCCCC/C=C\C/C=C\CCCCCCC. The second kappa shape index (κ2) is 49.9. The van der Waals surface area contributed by atoms with E-state index in [1.807, 2.05) is 21.1 Å². The van der Waals surface area contributed by atoms with Crippen molar-refractivity contribution in [3.63, 3.8) is 0 Å². The summed E-state index contributed by atoms with van der Waals surface area (Å²) in [6.45, 7) is 4.40. The molecule has 0 bridgehead atoms. The molecule has 0 amide bonds. The Labute approximate surface area is 420 Å². The van der Waals surface area contributed by atoms with Gasteiger partial charge < -0.3 is 18.9 Å². The molecule has 0 aromatic rings. The maximum absolute atomic E-state index is 12.8. The van der Waals surface area contributed by atoms with Crippen LogP contribution in [-0.4, -0.2) is 74.9 Å². The first-order valence-corrected chi connectivity index (χ1v) is 29.9. The van der Waals surface area contributed by atoms with Crippen molar-refractivity contribution in [2.75, 3.05) is 47.5 Å². The van der Waals surface area contributed by atoms with Gasteiger partial charge in [0, 0.05) is 12.8 Å². The highest BCUT2D eigenvalue weighted by Gasteiger charge is 2.27. The van der Waals surface area contributed by atoms with E-state index in [9.17, 15) is 19.0 Å². The molecule has 398 valence electrons. The molecule has 0 aromatic heterocycles. The molecule has 0 fully saturated rings. The summed E-state index contributed by atoms with van der Waals surface area (Å²) >= 11 is 0. The number of unbranched alkanes of at least 4 members (excludes halogenated alkanes) is 30. The average molecular weight is 979 g/mol. The predicted molar refractivity (Wildman–Crippen MR) is 289 cm³/mol. The second-order valence-corrected chi connectivity index (χ2v) is 21.8. The van der Waals surface area contributed by atoms with Gasteiger partial charge in [0.05, 0.1) is 27.7 Å². The van der Waals surface area contributed by atoms with E-state index >= 15 is 0 Å². The quantitative estimate of drug-likeness (QED) is 0.0211. The van der Waals surface area contributed by atoms with Crippen LogP contribution in [0.15, 0.2) is 48.6 Å². The molecule has 0 aromatic carbocycles. The molecule has 0 aliphatic rings. The number of allylic oxidation sites excluding steroid dienone is 8. The van der Waals surface area contributed by atoms with Crippen LogP contribution in [0.1, 0.15) is 258 Å². The van der Waals surface area contributed by atoms with E-state index in [-0.39, 0.29) is 32.0 Å². The zero-order chi connectivity index (χ0) is 49.9. The summed E-state index contributed by atoms with van der Waals surface area (Å²) < 4.78 is 34.5. The maximum atomic E-state index is 12.8. The van der Waals surface area contributed by atoms with E-state index in [4.69, 9.17) is 18.5 Å². The highest BCUT2D eigenvalue weighted by molar-refractivity contribution is 7.47. The van der Waals surface area contributed by atoms with Crippen molar-refractivity contribution in [2.24, 2.45) is 0 Å². The Kier molecular flexibility index (Phi) is 48.4. The van der Waals surface area contributed by atoms with Crippen LogP contribution in [0, 0.1) is 0 Å². The second-order valence-electron chi connectivity index (χ2n) is 20.3. The Balaban J connectivity index is 4.10. The first-order chi connectivity index (χ1) is 33.0. The van der Waals surface area contributed by atoms with Gasteiger partial charge >= 0.3 is 19.8 Å². The molecule has 10 heteroatoms. The maximum Gasteiger partial charge on any atom is 0.472 e. The van der Waals surface area contributed by atoms with Gasteiger partial charge in [0.15, 0.2) is 6.10 Å². The minimum absolute atomic E-state index is 0.0294. The lowest BCUT2D eigenvalue weighted by Gasteiger charge is -2.24. The molecule has 0 spiro atoms. The molecule has 0 aliphatic heterocycles. The summed E-state index contributed by atoms with van der Waals surface area (Å²) in [4.78, 5) is 35.6. The molecule has 0 radical (unpaired) electrons. The highest BCUT2D eigenvalue weighted by Crippen LogP contribution is 2.43. The predicted octanol–water partition coefficient (Wildman–Crippen LogP) is 17.4.